The van der Waals surface area contributed by atoms with Gasteiger partial charge in [-0.3, -0.25) is 0 Å². The minimum absolute atomic E-state index is 0.554. The highest BCUT2D eigenvalue weighted by atomic mass is 35.5. The number of imidazole rings is 1. The Hall–Kier alpha value is -1.29. The monoisotopic (exact) mass is 225 g/mol. The molecule has 2 heterocycles. The molecular formula is C10H12ClN3O. The number of alkyl halides is 1. The number of nitrogens with zero attached hydrogens (tertiary/aromatic N) is 2. The van der Waals surface area contributed by atoms with Crippen LogP contribution in [-0.4, -0.2) is 27.4 Å². The highest BCUT2D eigenvalue weighted by Gasteiger charge is 2.04. The topological polar surface area (TPSA) is 50.8 Å². The first-order chi connectivity index (χ1) is 7.33. The average Bonchev–Trinajstić information content (AvgIpc) is 2.60. The van der Waals surface area contributed by atoms with E-state index in [1.54, 1.807) is 0 Å². The van der Waals surface area contributed by atoms with Gasteiger partial charge in [0, 0.05) is 18.4 Å². The molecule has 0 saturated heterocycles. The Kier molecular flexibility index (Phi) is 3.06. The molecule has 2 aromatic rings. The molecule has 2 aromatic heterocycles. The van der Waals surface area contributed by atoms with E-state index in [9.17, 15) is 0 Å². The smallest absolute Gasteiger partial charge is 0.215 e. The summed E-state index contributed by atoms with van der Waals surface area (Å²) in [6.07, 6.45) is 0.724. The van der Waals surface area contributed by atoms with E-state index in [2.05, 4.69) is 15.0 Å². The Bertz CT molecular complexity index is 451. The maximum absolute atomic E-state index is 5.64. The zero-order valence-electron chi connectivity index (χ0n) is 8.46. The molecule has 0 amide bonds. The standard InChI is InChI=1S/C10H12ClN3O/c1-2-15-9-4-3-7-10(14-9)13-8(12-7)5-6-11/h3-4H,2,5-6H2,1H3,(H,12,13,14). The molecule has 0 fully saturated rings. The third-order valence-corrected chi connectivity index (χ3v) is 2.18. The number of H-pyrrole nitrogens is 1. The van der Waals surface area contributed by atoms with Crippen LogP contribution in [0.4, 0.5) is 0 Å². The van der Waals surface area contributed by atoms with E-state index >= 15 is 0 Å². The van der Waals surface area contributed by atoms with Gasteiger partial charge in [-0.25, -0.2) is 4.98 Å². The second-order valence-electron chi connectivity index (χ2n) is 3.08. The van der Waals surface area contributed by atoms with Crippen LogP contribution in [0.3, 0.4) is 0 Å². The highest BCUT2D eigenvalue weighted by Crippen LogP contribution is 2.14. The number of hydrogen-bond donors (Lipinski definition) is 1. The van der Waals surface area contributed by atoms with E-state index in [0.29, 0.717) is 24.0 Å². The van der Waals surface area contributed by atoms with E-state index in [4.69, 9.17) is 16.3 Å². The van der Waals surface area contributed by atoms with Crippen molar-refractivity contribution in [2.24, 2.45) is 0 Å². The van der Waals surface area contributed by atoms with Crippen molar-refractivity contribution < 1.29 is 4.74 Å². The average molecular weight is 226 g/mol. The summed E-state index contributed by atoms with van der Waals surface area (Å²) in [6.45, 7) is 2.53. The number of aromatic nitrogens is 3. The van der Waals surface area contributed by atoms with Crippen molar-refractivity contribution in [3.8, 4) is 5.88 Å². The van der Waals surface area contributed by atoms with E-state index < -0.39 is 0 Å². The largest absolute Gasteiger partial charge is 0.478 e. The summed E-state index contributed by atoms with van der Waals surface area (Å²) in [5, 5.41) is 0. The van der Waals surface area contributed by atoms with Crippen LogP contribution in [0, 0.1) is 0 Å². The van der Waals surface area contributed by atoms with Gasteiger partial charge in [0.2, 0.25) is 5.88 Å². The number of aromatic amines is 1. The van der Waals surface area contributed by atoms with Gasteiger partial charge in [-0.15, -0.1) is 11.6 Å². The van der Waals surface area contributed by atoms with E-state index in [1.165, 1.54) is 0 Å². The first-order valence-corrected chi connectivity index (χ1v) is 5.41. The van der Waals surface area contributed by atoms with Crippen LogP contribution < -0.4 is 4.74 Å². The number of hydrogen-bond acceptors (Lipinski definition) is 3. The van der Waals surface area contributed by atoms with E-state index in [0.717, 1.165) is 17.8 Å². The number of rotatable bonds is 4. The van der Waals surface area contributed by atoms with Gasteiger partial charge in [-0.1, -0.05) is 0 Å². The maximum Gasteiger partial charge on any atom is 0.215 e. The van der Waals surface area contributed by atoms with Gasteiger partial charge in [0.25, 0.3) is 0 Å². The van der Waals surface area contributed by atoms with Gasteiger partial charge in [0.15, 0.2) is 5.65 Å². The second kappa shape index (κ2) is 4.49. The van der Waals surface area contributed by atoms with Crippen LogP contribution in [-0.2, 0) is 6.42 Å². The minimum atomic E-state index is 0.554. The van der Waals surface area contributed by atoms with Crippen molar-refractivity contribution >= 4 is 22.8 Å². The lowest BCUT2D eigenvalue weighted by molar-refractivity contribution is 0.328. The number of pyridine rings is 1. The van der Waals surface area contributed by atoms with Crippen molar-refractivity contribution in [3.63, 3.8) is 0 Å². The van der Waals surface area contributed by atoms with Crippen molar-refractivity contribution in [3.05, 3.63) is 18.0 Å². The lowest BCUT2D eigenvalue weighted by Crippen LogP contribution is -1.93. The van der Waals surface area contributed by atoms with E-state index in [1.807, 2.05) is 19.1 Å². The van der Waals surface area contributed by atoms with Crippen molar-refractivity contribution in [2.75, 3.05) is 12.5 Å². The van der Waals surface area contributed by atoms with Gasteiger partial charge >= 0.3 is 0 Å². The van der Waals surface area contributed by atoms with Crippen LogP contribution >= 0.6 is 11.6 Å². The quantitative estimate of drug-likeness (QED) is 0.812. The predicted molar refractivity (Wildman–Crippen MR) is 59.5 cm³/mol. The molecule has 80 valence electrons. The molecule has 2 rings (SSSR count). The normalized spacial score (nSPS) is 10.8. The summed E-state index contributed by atoms with van der Waals surface area (Å²) in [4.78, 5) is 11.7. The van der Waals surface area contributed by atoms with Gasteiger partial charge in [-0.2, -0.15) is 4.98 Å². The first-order valence-electron chi connectivity index (χ1n) is 4.88. The van der Waals surface area contributed by atoms with Crippen LogP contribution in [0.5, 0.6) is 5.88 Å². The molecule has 4 nitrogen and oxygen atoms in total. The SMILES string of the molecule is CCOc1ccc2[nH]c(CCCl)nc2n1. The molecule has 0 spiro atoms. The van der Waals surface area contributed by atoms with Gasteiger partial charge in [0.1, 0.15) is 5.82 Å². The fourth-order valence-corrected chi connectivity index (χ4v) is 1.54. The molecule has 0 saturated carbocycles. The Morgan fingerprint density at radius 3 is 3.00 bits per heavy atom. The van der Waals surface area contributed by atoms with E-state index in [-0.39, 0.29) is 0 Å². The predicted octanol–water partition coefficient (Wildman–Crippen LogP) is 2.14. The highest BCUT2D eigenvalue weighted by molar-refractivity contribution is 6.17. The molecule has 15 heavy (non-hydrogen) atoms. The summed E-state index contributed by atoms with van der Waals surface area (Å²) in [5.74, 6) is 2.02. The minimum Gasteiger partial charge on any atom is -0.478 e. The number of nitrogens with one attached hydrogen (secondary N) is 1. The molecule has 0 radical (unpaired) electrons. The Labute approximate surface area is 92.6 Å². The molecule has 5 heteroatoms. The lowest BCUT2D eigenvalue weighted by atomic mass is 10.4. The van der Waals surface area contributed by atoms with Crippen molar-refractivity contribution in [1.82, 2.24) is 15.0 Å². The molecule has 0 aliphatic heterocycles. The summed E-state index contributed by atoms with van der Waals surface area (Å²) in [5.41, 5.74) is 1.60. The Balaban J connectivity index is 2.34. The van der Waals surface area contributed by atoms with Crippen LogP contribution in [0.1, 0.15) is 12.7 Å². The first kappa shape index (κ1) is 10.2. The molecule has 0 atom stereocenters. The third-order valence-electron chi connectivity index (χ3n) is 1.99. The van der Waals surface area contributed by atoms with Crippen molar-refractivity contribution in [1.29, 1.82) is 0 Å². The maximum atomic E-state index is 5.64. The number of aryl methyl sites for hydroxylation is 1. The van der Waals surface area contributed by atoms with Crippen molar-refractivity contribution in [2.45, 2.75) is 13.3 Å². The van der Waals surface area contributed by atoms with Gasteiger partial charge < -0.3 is 9.72 Å². The van der Waals surface area contributed by atoms with Crippen LogP contribution in [0.25, 0.3) is 11.2 Å². The van der Waals surface area contributed by atoms with Gasteiger partial charge in [0.05, 0.1) is 12.1 Å². The Morgan fingerprint density at radius 1 is 1.40 bits per heavy atom. The summed E-state index contributed by atoms with van der Waals surface area (Å²) < 4.78 is 5.29. The van der Waals surface area contributed by atoms with Crippen LogP contribution in [0.2, 0.25) is 0 Å². The second-order valence-corrected chi connectivity index (χ2v) is 3.45. The molecule has 1 N–H and O–H groups in total. The molecule has 0 aliphatic rings. The summed E-state index contributed by atoms with van der Waals surface area (Å²) in [7, 11) is 0. The Morgan fingerprint density at radius 2 is 2.27 bits per heavy atom. The molecule has 0 bridgehead atoms. The number of fused-ring (bicyclic) bond motifs is 1. The fourth-order valence-electron chi connectivity index (χ4n) is 1.36. The lowest BCUT2D eigenvalue weighted by Gasteiger charge is -1.99. The summed E-state index contributed by atoms with van der Waals surface area (Å²) in [6, 6.07) is 3.74. The molecule has 0 aliphatic carbocycles. The fraction of sp³-hybridized carbons (Fsp3) is 0.400. The number of ether oxygens (including phenoxy) is 1. The van der Waals surface area contributed by atoms with Crippen LogP contribution in [0.15, 0.2) is 12.1 Å². The molecule has 0 unspecified atom stereocenters. The van der Waals surface area contributed by atoms with Gasteiger partial charge in [-0.05, 0) is 13.0 Å². The number of halogens is 1. The summed E-state index contributed by atoms with van der Waals surface area (Å²) >= 11 is 5.64. The molecule has 0 aromatic carbocycles. The molecular weight excluding hydrogens is 214 g/mol. The zero-order chi connectivity index (χ0) is 10.7. The third kappa shape index (κ3) is 2.21. The zero-order valence-corrected chi connectivity index (χ0v) is 9.21.